The van der Waals surface area contributed by atoms with Crippen molar-refractivity contribution in [3.05, 3.63) is 29.6 Å². The van der Waals surface area contributed by atoms with Crippen molar-refractivity contribution >= 4 is 11.5 Å². The van der Waals surface area contributed by atoms with Crippen LogP contribution in [0.1, 0.15) is 37.4 Å². The molecule has 1 saturated heterocycles. The summed E-state index contributed by atoms with van der Waals surface area (Å²) in [5.41, 5.74) is 7.85. The van der Waals surface area contributed by atoms with E-state index in [0.29, 0.717) is 0 Å². The summed E-state index contributed by atoms with van der Waals surface area (Å²) < 4.78 is 13.2. The molecule has 4 heteroatoms. The number of nitrogens with two attached hydrogens (primary N) is 1. The predicted molar refractivity (Wildman–Crippen MR) is 65.6 cm³/mol. The second kappa shape index (κ2) is 4.11. The monoisotopic (exact) mass is 233 g/mol. The molecule has 2 N–H and O–H groups in total. The lowest BCUT2D eigenvalue weighted by molar-refractivity contribution is 0.315. The summed E-state index contributed by atoms with van der Waals surface area (Å²) in [6.45, 7) is 0.927. The lowest BCUT2D eigenvalue weighted by atomic mass is 10.1. The zero-order valence-electron chi connectivity index (χ0n) is 9.69. The number of hydrogen-bond donors (Lipinski definition) is 1. The Morgan fingerprint density at radius 2 is 2.18 bits per heavy atom. The van der Waals surface area contributed by atoms with Gasteiger partial charge in [0, 0.05) is 18.5 Å². The summed E-state index contributed by atoms with van der Waals surface area (Å²) >= 11 is 0. The number of nitrogens with zero attached hydrogens (tertiary/aromatic N) is 2. The molecule has 2 aliphatic rings. The molecule has 1 aromatic rings. The largest absolute Gasteiger partial charge is 0.340 e. The molecule has 3 nitrogen and oxygen atoms in total. The maximum atomic E-state index is 13.2. The molecule has 17 heavy (non-hydrogen) atoms. The summed E-state index contributed by atoms with van der Waals surface area (Å²) in [7, 11) is 0. The first-order chi connectivity index (χ1) is 8.25. The lowest BCUT2D eigenvalue weighted by Gasteiger charge is -2.35. The number of fused-ring (bicyclic) bond motifs is 2. The Morgan fingerprint density at radius 1 is 1.29 bits per heavy atom. The zero-order valence-corrected chi connectivity index (χ0v) is 9.69. The minimum absolute atomic E-state index is 0.243. The molecule has 90 valence electrons. The van der Waals surface area contributed by atoms with Crippen LogP contribution in [0.15, 0.2) is 23.2 Å². The van der Waals surface area contributed by atoms with E-state index in [9.17, 15) is 4.39 Å². The highest BCUT2D eigenvalue weighted by atomic mass is 19.1. The van der Waals surface area contributed by atoms with Crippen LogP contribution in [0, 0.1) is 5.82 Å². The standard InChI is InChI=1S/C13H16FN3/c14-9-5-6-11-10(8-9)13(15)17-7-3-1-2-4-12(17)16-11/h5-6,8,13H,1-4,7,15H2. The first kappa shape index (κ1) is 10.7. The molecule has 0 bridgehead atoms. The van der Waals surface area contributed by atoms with E-state index in [0.717, 1.165) is 36.5 Å². The molecule has 1 unspecified atom stereocenters. The van der Waals surface area contributed by atoms with Crippen LogP contribution in [0.25, 0.3) is 0 Å². The van der Waals surface area contributed by atoms with Gasteiger partial charge in [-0.15, -0.1) is 0 Å². The van der Waals surface area contributed by atoms with E-state index < -0.39 is 0 Å². The summed E-state index contributed by atoms with van der Waals surface area (Å²) in [6, 6.07) is 4.67. The molecule has 1 fully saturated rings. The smallest absolute Gasteiger partial charge is 0.123 e. The fourth-order valence-electron chi connectivity index (χ4n) is 2.61. The van der Waals surface area contributed by atoms with E-state index in [1.54, 1.807) is 6.07 Å². The number of hydrogen-bond acceptors (Lipinski definition) is 3. The van der Waals surface area contributed by atoms with Crippen molar-refractivity contribution in [1.29, 1.82) is 0 Å². The third-order valence-corrected chi connectivity index (χ3v) is 3.52. The first-order valence-electron chi connectivity index (χ1n) is 6.15. The molecular formula is C13H16FN3. The van der Waals surface area contributed by atoms with Crippen LogP contribution in [-0.4, -0.2) is 17.3 Å². The highest BCUT2D eigenvalue weighted by Crippen LogP contribution is 2.34. The second-order valence-corrected chi connectivity index (χ2v) is 4.68. The molecule has 1 aromatic carbocycles. The maximum absolute atomic E-state index is 13.2. The molecule has 0 spiro atoms. The zero-order chi connectivity index (χ0) is 11.8. The Hall–Kier alpha value is -1.42. The van der Waals surface area contributed by atoms with Gasteiger partial charge in [0.05, 0.1) is 5.69 Å². The van der Waals surface area contributed by atoms with Crippen LogP contribution in [0.4, 0.5) is 10.1 Å². The fraction of sp³-hybridized carbons (Fsp3) is 0.462. The molecule has 2 heterocycles. The second-order valence-electron chi connectivity index (χ2n) is 4.68. The van der Waals surface area contributed by atoms with Crippen LogP contribution in [-0.2, 0) is 0 Å². The lowest BCUT2D eigenvalue weighted by Crippen LogP contribution is -2.41. The molecule has 0 aromatic heterocycles. The number of benzene rings is 1. The average Bonchev–Trinajstić information content (AvgIpc) is 2.56. The van der Waals surface area contributed by atoms with Gasteiger partial charge in [0.1, 0.15) is 17.8 Å². The predicted octanol–water partition coefficient (Wildman–Crippen LogP) is 2.70. The van der Waals surface area contributed by atoms with Crippen molar-refractivity contribution in [2.45, 2.75) is 31.8 Å². The SMILES string of the molecule is NC1c2cc(F)ccc2N=C2CCCCCN21. The molecular weight excluding hydrogens is 217 g/mol. The quantitative estimate of drug-likeness (QED) is 0.748. The molecule has 0 saturated carbocycles. The van der Waals surface area contributed by atoms with Gasteiger partial charge in [-0.1, -0.05) is 6.42 Å². The van der Waals surface area contributed by atoms with E-state index >= 15 is 0 Å². The van der Waals surface area contributed by atoms with Gasteiger partial charge in [-0.3, -0.25) is 0 Å². The Kier molecular flexibility index (Phi) is 2.59. The number of aliphatic imine (C=N–C) groups is 1. The normalized spacial score (nSPS) is 23.5. The van der Waals surface area contributed by atoms with Gasteiger partial charge in [0.2, 0.25) is 0 Å². The van der Waals surface area contributed by atoms with Gasteiger partial charge in [-0.2, -0.15) is 0 Å². The Labute approximate surface area is 100 Å². The fourth-order valence-corrected chi connectivity index (χ4v) is 2.61. The topological polar surface area (TPSA) is 41.6 Å². The van der Waals surface area contributed by atoms with Crippen LogP contribution in [0.3, 0.4) is 0 Å². The number of rotatable bonds is 0. The van der Waals surface area contributed by atoms with E-state index in [1.807, 2.05) is 0 Å². The van der Waals surface area contributed by atoms with Crippen molar-refractivity contribution in [3.63, 3.8) is 0 Å². The molecule has 0 radical (unpaired) electrons. The molecule has 3 rings (SSSR count). The highest BCUT2D eigenvalue weighted by molar-refractivity contribution is 5.87. The Bertz CT molecular complexity index is 470. The summed E-state index contributed by atoms with van der Waals surface area (Å²) in [5, 5.41) is 0. The molecule has 0 amide bonds. The van der Waals surface area contributed by atoms with E-state index in [-0.39, 0.29) is 12.0 Å². The molecule has 2 aliphatic heterocycles. The van der Waals surface area contributed by atoms with E-state index in [4.69, 9.17) is 5.73 Å². The number of halogens is 1. The maximum Gasteiger partial charge on any atom is 0.123 e. The third kappa shape index (κ3) is 1.82. The van der Waals surface area contributed by atoms with E-state index in [2.05, 4.69) is 9.89 Å². The van der Waals surface area contributed by atoms with Crippen LogP contribution in [0.5, 0.6) is 0 Å². The van der Waals surface area contributed by atoms with E-state index in [1.165, 1.54) is 25.0 Å². The molecule has 1 atom stereocenters. The van der Waals surface area contributed by atoms with Gasteiger partial charge < -0.3 is 10.6 Å². The van der Waals surface area contributed by atoms with Crippen molar-refractivity contribution in [1.82, 2.24) is 4.90 Å². The van der Waals surface area contributed by atoms with Gasteiger partial charge in [0.25, 0.3) is 0 Å². The van der Waals surface area contributed by atoms with Gasteiger partial charge in [0.15, 0.2) is 0 Å². The third-order valence-electron chi connectivity index (χ3n) is 3.52. The van der Waals surface area contributed by atoms with Crippen molar-refractivity contribution in [2.24, 2.45) is 10.7 Å². The Morgan fingerprint density at radius 3 is 3.06 bits per heavy atom. The summed E-state index contributed by atoms with van der Waals surface area (Å²) in [4.78, 5) is 6.73. The minimum Gasteiger partial charge on any atom is -0.340 e. The minimum atomic E-state index is -0.244. The van der Waals surface area contributed by atoms with Crippen LogP contribution in [0.2, 0.25) is 0 Å². The van der Waals surface area contributed by atoms with Crippen LogP contribution < -0.4 is 5.73 Å². The van der Waals surface area contributed by atoms with Crippen molar-refractivity contribution < 1.29 is 4.39 Å². The van der Waals surface area contributed by atoms with Gasteiger partial charge >= 0.3 is 0 Å². The van der Waals surface area contributed by atoms with Gasteiger partial charge in [-0.05, 0) is 31.0 Å². The van der Waals surface area contributed by atoms with Crippen molar-refractivity contribution in [3.8, 4) is 0 Å². The summed E-state index contributed by atoms with van der Waals surface area (Å²) in [6.07, 6.45) is 4.25. The highest BCUT2D eigenvalue weighted by Gasteiger charge is 2.28. The van der Waals surface area contributed by atoms with Crippen LogP contribution >= 0.6 is 0 Å². The van der Waals surface area contributed by atoms with Crippen molar-refractivity contribution in [2.75, 3.05) is 6.54 Å². The molecule has 0 aliphatic carbocycles. The summed E-state index contributed by atoms with van der Waals surface area (Å²) in [5.74, 6) is 0.821. The number of amidine groups is 1. The Balaban J connectivity index is 2.06. The first-order valence-corrected chi connectivity index (χ1v) is 6.15. The van der Waals surface area contributed by atoms with Gasteiger partial charge in [-0.25, -0.2) is 9.38 Å². The average molecular weight is 233 g/mol.